The van der Waals surface area contributed by atoms with Crippen molar-refractivity contribution >= 4 is 16.7 Å². The van der Waals surface area contributed by atoms with E-state index in [2.05, 4.69) is 38.4 Å². The van der Waals surface area contributed by atoms with Crippen LogP contribution >= 0.6 is 0 Å². The number of piperidine rings is 1. The molecular formula is C15H21N5. The molecule has 0 unspecified atom stereocenters. The van der Waals surface area contributed by atoms with Gasteiger partial charge in [0, 0.05) is 23.7 Å². The average molecular weight is 271 g/mol. The van der Waals surface area contributed by atoms with E-state index in [0.717, 1.165) is 35.5 Å². The zero-order valence-corrected chi connectivity index (χ0v) is 12.1. The molecule has 1 atom stereocenters. The van der Waals surface area contributed by atoms with Crippen LogP contribution in [0, 0.1) is 6.92 Å². The zero-order chi connectivity index (χ0) is 13.9. The second kappa shape index (κ2) is 5.71. The Morgan fingerprint density at radius 1 is 1.40 bits per heavy atom. The highest BCUT2D eigenvalue weighted by molar-refractivity contribution is 5.87. The number of likely N-dealkylation sites (N-methyl/N-ethyl adjacent to an activating group) is 1. The molecule has 3 heterocycles. The van der Waals surface area contributed by atoms with E-state index >= 15 is 0 Å². The first kappa shape index (κ1) is 13.2. The summed E-state index contributed by atoms with van der Waals surface area (Å²) in [5.74, 6) is 0.814. The molecule has 0 bridgehead atoms. The van der Waals surface area contributed by atoms with E-state index < -0.39 is 0 Å². The Morgan fingerprint density at radius 3 is 3.15 bits per heavy atom. The van der Waals surface area contributed by atoms with Crippen LogP contribution in [0.5, 0.6) is 0 Å². The van der Waals surface area contributed by atoms with Gasteiger partial charge in [0.05, 0.1) is 6.20 Å². The molecule has 2 aromatic heterocycles. The fourth-order valence-corrected chi connectivity index (χ4v) is 2.81. The Bertz CT molecular complexity index is 598. The van der Waals surface area contributed by atoms with E-state index in [9.17, 15) is 0 Å². The SMILES string of the molecule is CCN1CCC[C@@H](Nc2nncc3ccc(C)nc23)C1. The van der Waals surface area contributed by atoms with Crippen molar-refractivity contribution in [1.29, 1.82) is 0 Å². The number of hydrogen-bond donors (Lipinski definition) is 1. The van der Waals surface area contributed by atoms with Crippen LogP contribution in [0.25, 0.3) is 10.9 Å². The molecule has 1 saturated heterocycles. The van der Waals surface area contributed by atoms with E-state index in [1.54, 1.807) is 6.20 Å². The van der Waals surface area contributed by atoms with Crippen LogP contribution in [0.2, 0.25) is 0 Å². The Hall–Kier alpha value is -1.75. The topological polar surface area (TPSA) is 53.9 Å². The lowest BCUT2D eigenvalue weighted by atomic mass is 10.1. The second-order valence-electron chi connectivity index (χ2n) is 5.46. The van der Waals surface area contributed by atoms with E-state index in [-0.39, 0.29) is 0 Å². The predicted molar refractivity (Wildman–Crippen MR) is 80.8 cm³/mol. The molecule has 2 aromatic rings. The number of pyridine rings is 1. The Labute approximate surface area is 119 Å². The van der Waals surface area contributed by atoms with Gasteiger partial charge in [-0.05, 0) is 45.0 Å². The number of aromatic nitrogens is 3. The van der Waals surface area contributed by atoms with Crippen LogP contribution < -0.4 is 5.32 Å². The normalized spacial score (nSPS) is 20.2. The van der Waals surface area contributed by atoms with Gasteiger partial charge in [0.1, 0.15) is 5.52 Å². The van der Waals surface area contributed by atoms with Crippen LogP contribution in [-0.2, 0) is 0 Å². The highest BCUT2D eigenvalue weighted by Crippen LogP contribution is 2.21. The monoisotopic (exact) mass is 271 g/mol. The number of nitrogens with zero attached hydrogens (tertiary/aromatic N) is 4. The summed E-state index contributed by atoms with van der Waals surface area (Å²) in [5.41, 5.74) is 1.93. The van der Waals surface area contributed by atoms with Gasteiger partial charge in [-0.25, -0.2) is 4.98 Å². The minimum absolute atomic E-state index is 0.436. The van der Waals surface area contributed by atoms with E-state index in [0.29, 0.717) is 6.04 Å². The van der Waals surface area contributed by atoms with Gasteiger partial charge in [-0.2, -0.15) is 5.10 Å². The molecule has 0 spiro atoms. The summed E-state index contributed by atoms with van der Waals surface area (Å²) in [5, 5.41) is 12.9. The quantitative estimate of drug-likeness (QED) is 0.927. The summed E-state index contributed by atoms with van der Waals surface area (Å²) in [7, 11) is 0. The van der Waals surface area contributed by atoms with Gasteiger partial charge in [0.25, 0.3) is 0 Å². The van der Waals surface area contributed by atoms with E-state index in [4.69, 9.17) is 0 Å². The summed E-state index contributed by atoms with van der Waals surface area (Å²) in [6.07, 6.45) is 4.18. The first-order valence-corrected chi connectivity index (χ1v) is 7.34. The van der Waals surface area contributed by atoms with Gasteiger partial charge < -0.3 is 10.2 Å². The van der Waals surface area contributed by atoms with Crippen molar-refractivity contribution < 1.29 is 0 Å². The molecule has 1 aliphatic heterocycles. The number of fused-ring (bicyclic) bond motifs is 1. The lowest BCUT2D eigenvalue weighted by Gasteiger charge is -2.32. The van der Waals surface area contributed by atoms with Gasteiger partial charge in [0.2, 0.25) is 0 Å². The van der Waals surface area contributed by atoms with E-state index in [1.165, 1.54) is 19.4 Å². The number of anilines is 1. The largest absolute Gasteiger partial charge is 0.363 e. The van der Waals surface area contributed by atoms with Crippen molar-refractivity contribution in [3.8, 4) is 0 Å². The standard InChI is InChI=1S/C15H21N5/c1-3-20-8-4-5-13(10-20)18-15-14-12(9-16-19-15)7-6-11(2)17-14/h6-7,9,13H,3-5,8,10H2,1-2H3,(H,18,19)/t13-/m1/s1. The van der Waals surface area contributed by atoms with Crippen LogP contribution in [0.3, 0.4) is 0 Å². The summed E-state index contributed by atoms with van der Waals surface area (Å²) in [4.78, 5) is 7.07. The number of hydrogen-bond acceptors (Lipinski definition) is 5. The lowest BCUT2D eigenvalue weighted by Crippen LogP contribution is -2.42. The molecule has 0 aromatic carbocycles. The highest BCUT2D eigenvalue weighted by Gasteiger charge is 2.19. The summed E-state index contributed by atoms with van der Waals surface area (Å²) >= 11 is 0. The van der Waals surface area contributed by atoms with Crippen molar-refractivity contribution in [3.63, 3.8) is 0 Å². The minimum atomic E-state index is 0.436. The summed E-state index contributed by atoms with van der Waals surface area (Å²) in [6, 6.07) is 4.50. The van der Waals surface area contributed by atoms with Gasteiger partial charge in [-0.15, -0.1) is 5.10 Å². The molecule has 0 saturated carbocycles. The number of rotatable bonds is 3. The van der Waals surface area contributed by atoms with Crippen molar-refractivity contribution in [1.82, 2.24) is 20.1 Å². The third-order valence-corrected chi connectivity index (χ3v) is 3.94. The van der Waals surface area contributed by atoms with Crippen LogP contribution in [0.4, 0.5) is 5.82 Å². The molecule has 1 N–H and O–H groups in total. The van der Waals surface area contributed by atoms with Crippen molar-refractivity contribution in [2.45, 2.75) is 32.7 Å². The van der Waals surface area contributed by atoms with Gasteiger partial charge in [-0.3, -0.25) is 0 Å². The second-order valence-corrected chi connectivity index (χ2v) is 5.46. The highest BCUT2D eigenvalue weighted by atomic mass is 15.2. The Morgan fingerprint density at radius 2 is 2.30 bits per heavy atom. The maximum absolute atomic E-state index is 4.60. The summed E-state index contributed by atoms with van der Waals surface area (Å²) in [6.45, 7) is 7.60. The van der Waals surface area contributed by atoms with Crippen molar-refractivity contribution in [3.05, 3.63) is 24.0 Å². The van der Waals surface area contributed by atoms with Gasteiger partial charge in [0.15, 0.2) is 5.82 Å². The van der Waals surface area contributed by atoms with Crippen LogP contribution in [-0.4, -0.2) is 45.8 Å². The maximum Gasteiger partial charge on any atom is 0.175 e. The molecule has 0 amide bonds. The van der Waals surface area contributed by atoms with E-state index in [1.807, 2.05) is 13.0 Å². The third-order valence-electron chi connectivity index (χ3n) is 3.94. The number of nitrogens with one attached hydrogen (secondary N) is 1. The first-order chi connectivity index (χ1) is 9.76. The predicted octanol–water partition coefficient (Wildman–Crippen LogP) is 2.23. The number of aryl methyl sites for hydroxylation is 1. The van der Waals surface area contributed by atoms with Crippen LogP contribution in [0.15, 0.2) is 18.3 Å². The Kier molecular flexibility index (Phi) is 3.78. The molecule has 5 heteroatoms. The smallest absolute Gasteiger partial charge is 0.175 e. The molecule has 1 aliphatic rings. The van der Waals surface area contributed by atoms with Crippen molar-refractivity contribution in [2.24, 2.45) is 0 Å². The molecule has 0 radical (unpaired) electrons. The zero-order valence-electron chi connectivity index (χ0n) is 12.1. The first-order valence-electron chi connectivity index (χ1n) is 7.34. The summed E-state index contributed by atoms with van der Waals surface area (Å²) < 4.78 is 0. The molecule has 1 fully saturated rings. The van der Waals surface area contributed by atoms with Gasteiger partial charge >= 0.3 is 0 Å². The average Bonchev–Trinajstić information content (AvgIpc) is 2.48. The third kappa shape index (κ3) is 2.72. The molecule has 5 nitrogen and oxygen atoms in total. The van der Waals surface area contributed by atoms with Crippen molar-refractivity contribution in [2.75, 3.05) is 25.0 Å². The molecule has 3 rings (SSSR count). The maximum atomic E-state index is 4.60. The minimum Gasteiger partial charge on any atom is -0.363 e. The molecular weight excluding hydrogens is 250 g/mol. The lowest BCUT2D eigenvalue weighted by molar-refractivity contribution is 0.226. The van der Waals surface area contributed by atoms with Crippen LogP contribution in [0.1, 0.15) is 25.5 Å². The van der Waals surface area contributed by atoms with Gasteiger partial charge in [-0.1, -0.05) is 6.92 Å². The molecule has 106 valence electrons. The fourth-order valence-electron chi connectivity index (χ4n) is 2.81. The Balaban J connectivity index is 1.85. The number of likely N-dealkylation sites (tertiary alicyclic amines) is 1. The molecule has 0 aliphatic carbocycles. The fraction of sp³-hybridized carbons (Fsp3) is 0.533. The molecule has 20 heavy (non-hydrogen) atoms.